The fourth-order valence-corrected chi connectivity index (χ4v) is 3.79. The van der Waals surface area contributed by atoms with Crippen molar-refractivity contribution in [2.24, 2.45) is 5.92 Å². The van der Waals surface area contributed by atoms with E-state index in [4.69, 9.17) is 14.1 Å². The summed E-state index contributed by atoms with van der Waals surface area (Å²) in [5.41, 5.74) is 1.62. The van der Waals surface area contributed by atoms with Crippen molar-refractivity contribution in [3.63, 3.8) is 0 Å². The molecule has 3 aromatic rings. The normalized spacial score (nSPS) is 19.1. The molecule has 0 spiro atoms. The van der Waals surface area contributed by atoms with Gasteiger partial charge in [0.15, 0.2) is 5.92 Å². The molecule has 0 saturated heterocycles. The third kappa shape index (κ3) is 2.87. The van der Waals surface area contributed by atoms with Crippen LogP contribution in [0, 0.1) is 5.92 Å². The van der Waals surface area contributed by atoms with Crippen LogP contribution in [-0.4, -0.2) is 34.6 Å². The molecule has 4 rings (SSSR count). The van der Waals surface area contributed by atoms with E-state index in [9.17, 15) is 9.59 Å². The van der Waals surface area contributed by atoms with Gasteiger partial charge in [-0.2, -0.15) is 0 Å². The topological polar surface area (TPSA) is 77.6 Å². The van der Waals surface area contributed by atoms with E-state index in [0.717, 1.165) is 23.9 Å². The summed E-state index contributed by atoms with van der Waals surface area (Å²) < 4.78 is 12.9. The zero-order valence-electron chi connectivity index (χ0n) is 16.0. The molecular formula is C21H23N3O4. The van der Waals surface area contributed by atoms with E-state index in [1.165, 1.54) is 0 Å². The van der Waals surface area contributed by atoms with E-state index in [1.807, 2.05) is 28.8 Å². The maximum atomic E-state index is 13.4. The van der Waals surface area contributed by atoms with Gasteiger partial charge in [-0.1, -0.05) is 25.5 Å². The molecule has 1 amide bonds. The van der Waals surface area contributed by atoms with E-state index >= 15 is 0 Å². The maximum Gasteiger partial charge on any atom is 0.321 e. The number of unbranched alkanes of at least 4 members (excludes halogenated alkanes) is 1. The molecule has 2 aromatic heterocycles. The fraction of sp³-hybridized carbons (Fsp3) is 0.381. The monoisotopic (exact) mass is 381 g/mol. The van der Waals surface area contributed by atoms with Crippen molar-refractivity contribution in [1.29, 1.82) is 0 Å². The van der Waals surface area contributed by atoms with E-state index < -0.39 is 17.9 Å². The molecule has 0 radical (unpaired) electrons. The van der Waals surface area contributed by atoms with Crippen molar-refractivity contribution in [1.82, 2.24) is 9.55 Å². The van der Waals surface area contributed by atoms with Crippen LogP contribution in [0.2, 0.25) is 0 Å². The summed E-state index contributed by atoms with van der Waals surface area (Å²) in [6.07, 6.45) is 3.29. The number of hydrogen-bond acceptors (Lipinski definition) is 5. The van der Waals surface area contributed by atoms with Crippen molar-refractivity contribution in [3.05, 3.63) is 48.4 Å². The van der Waals surface area contributed by atoms with E-state index in [2.05, 4.69) is 6.92 Å². The first-order valence-electron chi connectivity index (χ1n) is 9.65. The standard InChI is InChI=1S/C21H23N3O4/c1-3-5-12-23-19(25)17(20(26)27-4-2)18(16-11-8-13-28-16)24-15-10-7-6-9-14(15)22-21(23)24/h6-11,13,17-18H,3-5,12H2,1-2H3/t17-,18+/m1/s1. The Kier molecular flexibility index (Phi) is 4.90. The number of anilines is 1. The first-order valence-corrected chi connectivity index (χ1v) is 9.65. The van der Waals surface area contributed by atoms with Gasteiger partial charge in [0.25, 0.3) is 0 Å². The number of benzene rings is 1. The highest BCUT2D eigenvalue weighted by molar-refractivity contribution is 6.08. The lowest BCUT2D eigenvalue weighted by atomic mass is 9.93. The average Bonchev–Trinajstić information content (AvgIpc) is 3.34. The van der Waals surface area contributed by atoms with E-state index in [1.54, 1.807) is 30.2 Å². The second-order valence-electron chi connectivity index (χ2n) is 6.80. The lowest BCUT2D eigenvalue weighted by molar-refractivity contribution is -0.153. The van der Waals surface area contributed by atoms with Gasteiger partial charge in [0.2, 0.25) is 11.9 Å². The van der Waals surface area contributed by atoms with Gasteiger partial charge >= 0.3 is 5.97 Å². The lowest BCUT2D eigenvalue weighted by Crippen LogP contribution is -2.50. The number of carbonyl (C=O) groups is 2. The molecule has 3 heterocycles. The number of nitrogens with zero attached hydrogens (tertiary/aromatic N) is 3. The SMILES string of the molecule is CCCCN1C(=O)[C@H](C(=O)OCC)[C@H](c2ccco2)n2c1nc1ccccc12. The van der Waals surface area contributed by atoms with Crippen LogP contribution in [0.25, 0.3) is 11.0 Å². The van der Waals surface area contributed by atoms with Gasteiger partial charge in [0, 0.05) is 6.54 Å². The van der Waals surface area contributed by atoms with Gasteiger partial charge in [-0.15, -0.1) is 0 Å². The van der Waals surface area contributed by atoms with Crippen molar-refractivity contribution in [2.75, 3.05) is 18.1 Å². The number of para-hydroxylation sites is 2. The molecule has 0 bridgehead atoms. The Bertz CT molecular complexity index is 992. The van der Waals surface area contributed by atoms with Crippen molar-refractivity contribution >= 4 is 28.9 Å². The molecule has 0 aliphatic carbocycles. The summed E-state index contributed by atoms with van der Waals surface area (Å²) in [4.78, 5) is 32.6. The van der Waals surface area contributed by atoms with Gasteiger partial charge in [0.1, 0.15) is 11.8 Å². The van der Waals surface area contributed by atoms with Gasteiger partial charge in [-0.05, 0) is 37.6 Å². The predicted molar refractivity (Wildman–Crippen MR) is 104 cm³/mol. The van der Waals surface area contributed by atoms with Crippen molar-refractivity contribution in [3.8, 4) is 0 Å². The third-order valence-electron chi connectivity index (χ3n) is 5.06. The first-order chi connectivity index (χ1) is 13.7. The summed E-state index contributed by atoms with van der Waals surface area (Å²) >= 11 is 0. The molecule has 0 fully saturated rings. The number of furan rings is 1. The van der Waals surface area contributed by atoms with Crippen LogP contribution in [0.15, 0.2) is 47.1 Å². The quantitative estimate of drug-likeness (QED) is 0.482. The molecule has 1 aliphatic rings. The molecule has 0 N–H and O–H groups in total. The first kappa shape index (κ1) is 18.3. The number of carbonyl (C=O) groups excluding carboxylic acids is 2. The number of rotatable bonds is 6. The number of imidazole rings is 1. The minimum absolute atomic E-state index is 0.208. The summed E-state index contributed by atoms with van der Waals surface area (Å²) in [6.45, 7) is 4.51. The highest BCUT2D eigenvalue weighted by atomic mass is 16.5. The number of fused-ring (bicyclic) bond motifs is 3. The largest absolute Gasteiger partial charge is 0.467 e. The van der Waals surface area contributed by atoms with Crippen LogP contribution >= 0.6 is 0 Å². The number of esters is 1. The van der Waals surface area contributed by atoms with Gasteiger partial charge in [-0.3, -0.25) is 19.1 Å². The summed E-state index contributed by atoms with van der Waals surface area (Å²) in [7, 11) is 0. The number of aromatic nitrogens is 2. The number of amides is 1. The lowest BCUT2D eigenvalue weighted by Gasteiger charge is -2.36. The zero-order valence-corrected chi connectivity index (χ0v) is 16.0. The predicted octanol–water partition coefficient (Wildman–Crippen LogP) is 3.54. The Morgan fingerprint density at radius 3 is 2.75 bits per heavy atom. The van der Waals surface area contributed by atoms with Crippen LogP contribution in [0.3, 0.4) is 0 Å². The molecule has 28 heavy (non-hydrogen) atoms. The maximum absolute atomic E-state index is 13.4. The molecule has 2 atom stereocenters. The minimum atomic E-state index is -1.02. The van der Waals surface area contributed by atoms with Crippen LogP contribution in [0.5, 0.6) is 0 Å². The molecule has 7 nitrogen and oxygen atoms in total. The third-order valence-corrected chi connectivity index (χ3v) is 5.06. The minimum Gasteiger partial charge on any atom is -0.467 e. The molecule has 0 unspecified atom stereocenters. The fourth-order valence-electron chi connectivity index (χ4n) is 3.79. The Hall–Kier alpha value is -3.09. The van der Waals surface area contributed by atoms with Gasteiger partial charge in [0.05, 0.1) is 23.9 Å². The van der Waals surface area contributed by atoms with Crippen LogP contribution in [0.1, 0.15) is 38.5 Å². The second kappa shape index (κ2) is 7.50. The highest BCUT2D eigenvalue weighted by Gasteiger charge is 2.48. The Morgan fingerprint density at radius 2 is 2.04 bits per heavy atom. The van der Waals surface area contributed by atoms with Gasteiger partial charge < -0.3 is 9.15 Å². The molecule has 1 aliphatic heterocycles. The number of ether oxygens (including phenoxy) is 1. The molecule has 0 saturated carbocycles. The van der Waals surface area contributed by atoms with Crippen LogP contribution < -0.4 is 4.90 Å². The van der Waals surface area contributed by atoms with E-state index in [0.29, 0.717) is 18.3 Å². The molecular weight excluding hydrogens is 358 g/mol. The summed E-state index contributed by atoms with van der Waals surface area (Å²) in [6, 6.07) is 10.6. The van der Waals surface area contributed by atoms with Crippen molar-refractivity contribution < 1.29 is 18.7 Å². The Morgan fingerprint density at radius 1 is 1.21 bits per heavy atom. The smallest absolute Gasteiger partial charge is 0.321 e. The molecule has 146 valence electrons. The highest BCUT2D eigenvalue weighted by Crippen LogP contribution is 2.41. The van der Waals surface area contributed by atoms with Crippen molar-refractivity contribution in [2.45, 2.75) is 32.7 Å². The summed E-state index contributed by atoms with van der Waals surface area (Å²) in [5.74, 6) is -0.782. The molecule has 7 heteroatoms. The van der Waals surface area contributed by atoms with Crippen LogP contribution in [-0.2, 0) is 14.3 Å². The van der Waals surface area contributed by atoms with Gasteiger partial charge in [-0.25, -0.2) is 4.98 Å². The number of hydrogen-bond donors (Lipinski definition) is 0. The zero-order chi connectivity index (χ0) is 19.7. The van der Waals surface area contributed by atoms with E-state index in [-0.39, 0.29) is 12.5 Å². The second-order valence-corrected chi connectivity index (χ2v) is 6.80. The Labute approximate surface area is 162 Å². The Balaban J connectivity index is 1.95. The summed E-state index contributed by atoms with van der Waals surface area (Å²) in [5, 5.41) is 0. The average molecular weight is 381 g/mol. The van der Waals surface area contributed by atoms with Crippen LogP contribution in [0.4, 0.5) is 5.95 Å². The molecule has 1 aromatic carbocycles.